The second-order valence-electron chi connectivity index (χ2n) is 6.24. The number of benzene rings is 1. The number of methoxy groups -OCH3 is 1. The molecule has 128 valence electrons. The molecule has 1 aliphatic rings. The summed E-state index contributed by atoms with van der Waals surface area (Å²) in [4.78, 5) is 16.3. The van der Waals surface area contributed by atoms with Gasteiger partial charge in [0.25, 0.3) is 0 Å². The van der Waals surface area contributed by atoms with E-state index in [1.807, 2.05) is 24.3 Å². The number of carbonyl (C=O) groups is 1. The molecule has 5 nitrogen and oxygen atoms in total. The minimum atomic E-state index is -0.143. The fourth-order valence-electron chi connectivity index (χ4n) is 3.08. The Morgan fingerprint density at radius 3 is 2.67 bits per heavy atom. The van der Waals surface area contributed by atoms with Crippen LogP contribution in [0.25, 0.3) is 11.5 Å². The molecule has 0 aliphatic heterocycles. The van der Waals surface area contributed by atoms with Gasteiger partial charge >= 0.3 is 5.97 Å². The van der Waals surface area contributed by atoms with Crippen LogP contribution in [-0.2, 0) is 16.1 Å². The van der Waals surface area contributed by atoms with Crippen LogP contribution in [0.1, 0.15) is 44.2 Å². The van der Waals surface area contributed by atoms with E-state index in [9.17, 15) is 4.79 Å². The lowest BCUT2D eigenvalue weighted by Crippen LogP contribution is -2.14. The van der Waals surface area contributed by atoms with Crippen LogP contribution in [0.4, 0.5) is 0 Å². The lowest BCUT2D eigenvalue weighted by atomic mass is 9.87. The molecule has 0 amide bonds. The first-order chi connectivity index (χ1) is 11.7. The molecular weight excluding hydrogens is 306 g/mol. The van der Waals surface area contributed by atoms with Crippen molar-refractivity contribution in [2.45, 2.75) is 45.1 Å². The monoisotopic (exact) mass is 329 g/mol. The van der Waals surface area contributed by atoms with Crippen LogP contribution in [0.5, 0.6) is 5.75 Å². The Bertz CT molecular complexity index is 656. The summed E-state index contributed by atoms with van der Waals surface area (Å²) in [5.41, 5.74) is 1.48. The summed E-state index contributed by atoms with van der Waals surface area (Å²) in [6.45, 7) is 0.158. The second-order valence-corrected chi connectivity index (χ2v) is 6.24. The summed E-state index contributed by atoms with van der Waals surface area (Å²) >= 11 is 0. The number of rotatable bonds is 6. The Labute approximate surface area is 142 Å². The zero-order chi connectivity index (χ0) is 16.8. The largest absolute Gasteiger partial charge is 0.497 e. The summed E-state index contributed by atoms with van der Waals surface area (Å²) < 4.78 is 15.9. The highest BCUT2D eigenvalue weighted by Crippen LogP contribution is 2.27. The first-order valence-corrected chi connectivity index (χ1v) is 8.49. The van der Waals surface area contributed by atoms with Crippen LogP contribution < -0.4 is 4.74 Å². The maximum atomic E-state index is 11.9. The molecule has 0 bridgehead atoms. The Morgan fingerprint density at radius 2 is 1.96 bits per heavy atom. The van der Waals surface area contributed by atoms with Crippen LogP contribution in [0.3, 0.4) is 0 Å². The number of hydrogen-bond donors (Lipinski definition) is 0. The van der Waals surface area contributed by atoms with Crippen molar-refractivity contribution in [1.82, 2.24) is 4.98 Å². The molecule has 3 rings (SSSR count). The van der Waals surface area contributed by atoms with E-state index in [0.29, 0.717) is 23.9 Å². The predicted molar refractivity (Wildman–Crippen MR) is 89.5 cm³/mol. The summed E-state index contributed by atoms with van der Waals surface area (Å²) in [5.74, 6) is 1.63. The standard InChI is InChI=1S/C19H23NO4/c1-22-17-9-7-15(8-10-17)19-20-16(13-24-19)12-23-18(21)11-14-5-3-2-4-6-14/h7-10,13-14H,2-6,11-12H2,1H3. The molecule has 24 heavy (non-hydrogen) atoms. The van der Waals surface area contributed by atoms with Crippen LogP contribution in [0.15, 0.2) is 34.9 Å². The van der Waals surface area contributed by atoms with E-state index in [-0.39, 0.29) is 12.6 Å². The fourth-order valence-corrected chi connectivity index (χ4v) is 3.08. The number of ether oxygens (including phenoxy) is 2. The molecule has 0 spiro atoms. The molecule has 1 aromatic carbocycles. The molecular formula is C19H23NO4. The number of aromatic nitrogens is 1. The average molecular weight is 329 g/mol. The van der Waals surface area contributed by atoms with Crippen molar-refractivity contribution >= 4 is 5.97 Å². The van der Waals surface area contributed by atoms with E-state index in [4.69, 9.17) is 13.9 Å². The highest BCUT2D eigenvalue weighted by Gasteiger charge is 2.18. The van der Waals surface area contributed by atoms with Gasteiger partial charge in [-0.25, -0.2) is 4.98 Å². The van der Waals surface area contributed by atoms with Crippen molar-refractivity contribution in [1.29, 1.82) is 0 Å². The molecule has 0 saturated heterocycles. The topological polar surface area (TPSA) is 61.6 Å². The van der Waals surface area contributed by atoms with E-state index in [1.54, 1.807) is 7.11 Å². The van der Waals surface area contributed by atoms with Crippen LogP contribution in [0.2, 0.25) is 0 Å². The van der Waals surface area contributed by atoms with Crippen LogP contribution in [0, 0.1) is 5.92 Å². The van der Waals surface area contributed by atoms with Crippen molar-refractivity contribution in [3.05, 3.63) is 36.2 Å². The molecule has 0 unspecified atom stereocenters. The minimum Gasteiger partial charge on any atom is -0.497 e. The van der Waals surface area contributed by atoms with Gasteiger partial charge in [0.05, 0.1) is 7.11 Å². The van der Waals surface area contributed by atoms with Crippen LogP contribution in [-0.4, -0.2) is 18.1 Å². The number of carbonyl (C=O) groups excluding carboxylic acids is 1. The fraction of sp³-hybridized carbons (Fsp3) is 0.474. The van der Waals surface area contributed by atoms with Crippen molar-refractivity contribution in [3.8, 4) is 17.2 Å². The first kappa shape index (κ1) is 16.6. The quantitative estimate of drug-likeness (QED) is 0.737. The summed E-state index contributed by atoms with van der Waals surface area (Å²) in [5, 5.41) is 0. The average Bonchev–Trinajstić information content (AvgIpc) is 3.10. The molecule has 1 saturated carbocycles. The first-order valence-electron chi connectivity index (χ1n) is 8.49. The molecule has 1 aliphatic carbocycles. The van der Waals surface area contributed by atoms with E-state index in [0.717, 1.165) is 24.2 Å². The third kappa shape index (κ3) is 4.37. The SMILES string of the molecule is COc1ccc(-c2nc(COC(=O)CC3CCCCC3)co2)cc1. The smallest absolute Gasteiger partial charge is 0.306 e. The van der Waals surface area contributed by atoms with E-state index < -0.39 is 0 Å². The van der Waals surface area contributed by atoms with Crippen molar-refractivity contribution in [3.63, 3.8) is 0 Å². The number of esters is 1. The van der Waals surface area contributed by atoms with Gasteiger partial charge in [-0.15, -0.1) is 0 Å². The van der Waals surface area contributed by atoms with Gasteiger partial charge in [-0.1, -0.05) is 19.3 Å². The maximum Gasteiger partial charge on any atom is 0.306 e. The second kappa shape index (κ2) is 7.99. The summed E-state index contributed by atoms with van der Waals surface area (Å²) in [7, 11) is 1.62. The zero-order valence-corrected chi connectivity index (χ0v) is 14.0. The molecule has 0 N–H and O–H groups in total. The third-order valence-corrected chi connectivity index (χ3v) is 4.45. The lowest BCUT2D eigenvalue weighted by Gasteiger charge is -2.20. The number of hydrogen-bond acceptors (Lipinski definition) is 5. The Kier molecular flexibility index (Phi) is 5.51. The van der Waals surface area contributed by atoms with Crippen molar-refractivity contribution < 1.29 is 18.7 Å². The highest BCUT2D eigenvalue weighted by atomic mass is 16.5. The minimum absolute atomic E-state index is 0.143. The van der Waals surface area contributed by atoms with Gasteiger partial charge in [-0.2, -0.15) is 0 Å². The molecule has 1 heterocycles. The van der Waals surface area contributed by atoms with E-state index in [1.165, 1.54) is 25.5 Å². The van der Waals surface area contributed by atoms with E-state index in [2.05, 4.69) is 4.98 Å². The lowest BCUT2D eigenvalue weighted by molar-refractivity contribution is -0.146. The molecule has 2 aromatic rings. The molecule has 5 heteroatoms. The molecule has 0 radical (unpaired) electrons. The molecule has 1 aromatic heterocycles. The van der Waals surface area contributed by atoms with Crippen LogP contribution >= 0.6 is 0 Å². The third-order valence-electron chi connectivity index (χ3n) is 4.45. The van der Waals surface area contributed by atoms with E-state index >= 15 is 0 Å². The van der Waals surface area contributed by atoms with Crippen molar-refractivity contribution in [2.75, 3.05) is 7.11 Å². The van der Waals surface area contributed by atoms with Gasteiger partial charge in [-0.05, 0) is 43.0 Å². The Balaban J connectivity index is 1.50. The molecule has 0 atom stereocenters. The van der Waals surface area contributed by atoms with Gasteiger partial charge in [-0.3, -0.25) is 4.79 Å². The number of nitrogens with zero attached hydrogens (tertiary/aromatic N) is 1. The van der Waals surface area contributed by atoms with Gasteiger partial charge in [0.1, 0.15) is 24.3 Å². The zero-order valence-electron chi connectivity index (χ0n) is 14.0. The van der Waals surface area contributed by atoms with Gasteiger partial charge in [0.2, 0.25) is 5.89 Å². The Morgan fingerprint density at radius 1 is 1.21 bits per heavy atom. The Hall–Kier alpha value is -2.30. The van der Waals surface area contributed by atoms with Gasteiger partial charge in [0.15, 0.2) is 0 Å². The predicted octanol–water partition coefficient (Wildman–Crippen LogP) is 4.36. The maximum absolute atomic E-state index is 11.9. The summed E-state index contributed by atoms with van der Waals surface area (Å²) in [6, 6.07) is 7.46. The highest BCUT2D eigenvalue weighted by molar-refractivity contribution is 5.69. The van der Waals surface area contributed by atoms with Gasteiger partial charge in [0, 0.05) is 12.0 Å². The summed E-state index contributed by atoms with van der Waals surface area (Å²) in [6.07, 6.45) is 8.08. The van der Waals surface area contributed by atoms with Gasteiger partial charge < -0.3 is 13.9 Å². The normalized spacial score (nSPS) is 15.2. The van der Waals surface area contributed by atoms with Crippen molar-refractivity contribution in [2.24, 2.45) is 5.92 Å². The molecule has 1 fully saturated rings. The number of oxazole rings is 1.